The first-order chi connectivity index (χ1) is 7.15. The van der Waals surface area contributed by atoms with Crippen LogP contribution in [0.2, 0.25) is 0 Å². The van der Waals surface area contributed by atoms with Gasteiger partial charge >= 0.3 is 0 Å². The average molecular weight is 275 g/mol. The molecule has 0 radical (unpaired) electrons. The predicted octanol–water partition coefficient (Wildman–Crippen LogP) is 2.28. The summed E-state index contributed by atoms with van der Waals surface area (Å²) in [7, 11) is 0. The summed E-state index contributed by atoms with van der Waals surface area (Å²) in [5.41, 5.74) is 0.512. The first-order valence-corrected chi connectivity index (χ1v) is 5.90. The lowest BCUT2D eigenvalue weighted by Gasteiger charge is -2.07. The molecule has 0 fully saturated rings. The van der Waals surface area contributed by atoms with Crippen LogP contribution in [0.25, 0.3) is 0 Å². The fourth-order valence-electron chi connectivity index (χ4n) is 1.16. The highest BCUT2D eigenvalue weighted by molar-refractivity contribution is 9.09. The van der Waals surface area contributed by atoms with Crippen LogP contribution in [0.3, 0.4) is 0 Å². The van der Waals surface area contributed by atoms with Crippen molar-refractivity contribution >= 4 is 21.8 Å². The smallest absolute Gasteiger partial charge is 0.256 e. The molecule has 15 heavy (non-hydrogen) atoms. The SMILES string of the molecule is CCC(Br)CCNC(=O)c1cnoc1C. The van der Waals surface area contributed by atoms with Gasteiger partial charge in [-0.25, -0.2) is 0 Å². The largest absolute Gasteiger partial charge is 0.361 e. The molecule has 84 valence electrons. The number of aromatic nitrogens is 1. The lowest BCUT2D eigenvalue weighted by Crippen LogP contribution is -2.26. The molecule has 0 spiro atoms. The molecule has 1 unspecified atom stereocenters. The van der Waals surface area contributed by atoms with Crippen molar-refractivity contribution in [1.29, 1.82) is 0 Å². The van der Waals surface area contributed by atoms with Crippen molar-refractivity contribution in [2.45, 2.75) is 31.5 Å². The van der Waals surface area contributed by atoms with Crippen molar-refractivity contribution in [3.8, 4) is 0 Å². The molecule has 0 saturated carbocycles. The van der Waals surface area contributed by atoms with E-state index in [9.17, 15) is 4.79 Å². The van der Waals surface area contributed by atoms with Crippen LogP contribution < -0.4 is 5.32 Å². The maximum atomic E-state index is 11.6. The summed E-state index contributed by atoms with van der Waals surface area (Å²) in [6, 6.07) is 0. The number of hydrogen-bond acceptors (Lipinski definition) is 3. The van der Waals surface area contributed by atoms with Gasteiger partial charge in [0.25, 0.3) is 5.91 Å². The molecular weight excluding hydrogens is 260 g/mol. The molecule has 1 N–H and O–H groups in total. The number of carbonyl (C=O) groups is 1. The molecule has 1 rings (SSSR count). The fraction of sp³-hybridized carbons (Fsp3) is 0.600. The number of halogens is 1. The van der Waals surface area contributed by atoms with Gasteiger partial charge in [0, 0.05) is 11.4 Å². The van der Waals surface area contributed by atoms with Gasteiger partial charge in [0.2, 0.25) is 0 Å². The first kappa shape index (κ1) is 12.2. The van der Waals surface area contributed by atoms with Crippen molar-refractivity contribution in [1.82, 2.24) is 10.5 Å². The molecule has 4 nitrogen and oxygen atoms in total. The molecule has 5 heteroatoms. The molecule has 1 aromatic heterocycles. The van der Waals surface area contributed by atoms with Crippen LogP contribution in [0.1, 0.15) is 35.9 Å². The zero-order chi connectivity index (χ0) is 11.3. The number of aryl methyl sites for hydroxylation is 1. The van der Waals surface area contributed by atoms with E-state index < -0.39 is 0 Å². The highest BCUT2D eigenvalue weighted by atomic mass is 79.9. The predicted molar refractivity (Wildman–Crippen MR) is 61.2 cm³/mol. The molecule has 0 aliphatic carbocycles. The Morgan fingerprint density at radius 2 is 2.47 bits per heavy atom. The third kappa shape index (κ3) is 3.66. The maximum absolute atomic E-state index is 11.6. The fourth-order valence-corrected chi connectivity index (χ4v) is 1.39. The lowest BCUT2D eigenvalue weighted by atomic mass is 10.2. The number of carbonyl (C=O) groups excluding carboxylic acids is 1. The van der Waals surface area contributed by atoms with Gasteiger partial charge in [-0.2, -0.15) is 0 Å². The van der Waals surface area contributed by atoms with E-state index in [1.54, 1.807) is 6.92 Å². The number of nitrogens with one attached hydrogen (secondary N) is 1. The zero-order valence-corrected chi connectivity index (χ0v) is 10.5. The van der Waals surface area contributed by atoms with Crippen molar-refractivity contribution in [3.63, 3.8) is 0 Å². The standard InChI is InChI=1S/C10H15BrN2O2/c1-3-8(11)4-5-12-10(14)9-6-13-15-7(9)2/h6,8H,3-5H2,1-2H3,(H,12,14). The topological polar surface area (TPSA) is 55.1 Å². The summed E-state index contributed by atoms with van der Waals surface area (Å²) >= 11 is 3.51. The number of rotatable bonds is 5. The van der Waals surface area contributed by atoms with Crippen LogP contribution in [0.4, 0.5) is 0 Å². The summed E-state index contributed by atoms with van der Waals surface area (Å²) in [6.45, 7) is 4.49. The maximum Gasteiger partial charge on any atom is 0.256 e. The Labute approximate surface area is 97.5 Å². The Kier molecular flexibility index (Phi) is 4.81. The van der Waals surface area contributed by atoms with Crippen LogP contribution in [0, 0.1) is 6.92 Å². The normalized spacial score (nSPS) is 12.5. The molecule has 0 aliphatic rings. The lowest BCUT2D eigenvalue weighted by molar-refractivity contribution is 0.0951. The minimum atomic E-state index is -0.121. The van der Waals surface area contributed by atoms with Gasteiger partial charge in [0.15, 0.2) is 0 Å². The van der Waals surface area contributed by atoms with Gasteiger partial charge in [-0.1, -0.05) is 28.0 Å². The Bertz CT molecular complexity index is 325. The molecule has 0 aliphatic heterocycles. The molecule has 1 amide bonds. The Morgan fingerprint density at radius 1 is 1.73 bits per heavy atom. The molecule has 1 aromatic rings. The van der Waals surface area contributed by atoms with Crippen molar-refractivity contribution in [3.05, 3.63) is 17.5 Å². The quantitative estimate of drug-likeness (QED) is 0.839. The second-order valence-corrected chi connectivity index (χ2v) is 4.64. The van der Waals surface area contributed by atoms with E-state index in [-0.39, 0.29) is 5.91 Å². The summed E-state index contributed by atoms with van der Waals surface area (Å²) in [4.78, 5) is 12.0. The Hall–Kier alpha value is -0.840. The van der Waals surface area contributed by atoms with Crippen molar-refractivity contribution in [2.75, 3.05) is 6.54 Å². The monoisotopic (exact) mass is 274 g/mol. The van der Waals surface area contributed by atoms with Crippen LogP contribution >= 0.6 is 15.9 Å². The Balaban J connectivity index is 2.34. The minimum Gasteiger partial charge on any atom is -0.361 e. The van der Waals surface area contributed by atoms with E-state index in [1.807, 2.05) is 0 Å². The average Bonchev–Trinajstić information content (AvgIpc) is 2.64. The third-order valence-corrected chi connectivity index (χ3v) is 3.29. The third-order valence-electron chi connectivity index (χ3n) is 2.18. The van der Waals surface area contributed by atoms with Crippen molar-refractivity contribution in [2.24, 2.45) is 0 Å². The molecule has 0 bridgehead atoms. The van der Waals surface area contributed by atoms with Crippen molar-refractivity contribution < 1.29 is 9.32 Å². The summed E-state index contributed by atoms with van der Waals surface area (Å²) in [5.74, 6) is 0.433. The van der Waals surface area contributed by atoms with Crippen LogP contribution in [-0.2, 0) is 0 Å². The number of nitrogens with zero attached hydrogens (tertiary/aromatic N) is 1. The second kappa shape index (κ2) is 5.90. The summed E-state index contributed by atoms with van der Waals surface area (Å²) < 4.78 is 4.81. The van der Waals surface area contributed by atoms with Crippen LogP contribution in [-0.4, -0.2) is 22.4 Å². The first-order valence-electron chi connectivity index (χ1n) is 4.98. The highest BCUT2D eigenvalue weighted by Gasteiger charge is 2.12. The van der Waals surface area contributed by atoms with Gasteiger partial charge in [-0.3, -0.25) is 4.79 Å². The van der Waals surface area contributed by atoms with Gasteiger partial charge in [0.1, 0.15) is 11.3 Å². The van der Waals surface area contributed by atoms with E-state index in [4.69, 9.17) is 4.52 Å². The van der Waals surface area contributed by atoms with E-state index in [0.29, 0.717) is 22.7 Å². The van der Waals surface area contributed by atoms with Gasteiger partial charge < -0.3 is 9.84 Å². The highest BCUT2D eigenvalue weighted by Crippen LogP contribution is 2.09. The van der Waals surface area contributed by atoms with Gasteiger partial charge in [-0.05, 0) is 19.8 Å². The van der Waals surface area contributed by atoms with E-state index in [0.717, 1.165) is 12.8 Å². The van der Waals surface area contributed by atoms with Crippen LogP contribution in [0.15, 0.2) is 10.7 Å². The number of alkyl halides is 1. The molecule has 0 saturated heterocycles. The molecule has 1 atom stereocenters. The van der Waals surface area contributed by atoms with Gasteiger partial charge in [-0.15, -0.1) is 0 Å². The summed E-state index contributed by atoms with van der Waals surface area (Å²) in [5, 5.41) is 6.38. The summed E-state index contributed by atoms with van der Waals surface area (Å²) in [6.07, 6.45) is 3.42. The number of amides is 1. The van der Waals surface area contributed by atoms with E-state index in [1.165, 1.54) is 6.20 Å². The van der Waals surface area contributed by atoms with E-state index in [2.05, 4.69) is 33.3 Å². The van der Waals surface area contributed by atoms with E-state index >= 15 is 0 Å². The zero-order valence-electron chi connectivity index (χ0n) is 8.92. The molecular formula is C10H15BrN2O2. The van der Waals surface area contributed by atoms with Gasteiger partial charge in [0.05, 0.1) is 6.20 Å². The number of hydrogen-bond donors (Lipinski definition) is 1. The second-order valence-electron chi connectivity index (χ2n) is 3.35. The Morgan fingerprint density at radius 3 is 3.00 bits per heavy atom. The molecule has 1 heterocycles. The minimum absolute atomic E-state index is 0.121. The van der Waals surface area contributed by atoms with Crippen LogP contribution in [0.5, 0.6) is 0 Å². The molecule has 0 aromatic carbocycles.